The number of aromatic hydroxyl groups is 2. The number of hydrogen-bond donors (Lipinski definition) is 3. The highest BCUT2D eigenvalue weighted by atomic mass is 16.3. The second-order valence-electron chi connectivity index (χ2n) is 5.72. The minimum absolute atomic E-state index is 0.00957. The van der Waals surface area contributed by atoms with E-state index in [0.29, 0.717) is 18.7 Å². The molecule has 5 nitrogen and oxygen atoms in total. The third-order valence-electron chi connectivity index (χ3n) is 3.65. The van der Waals surface area contributed by atoms with E-state index in [1.165, 1.54) is 6.07 Å². The zero-order valence-electron chi connectivity index (χ0n) is 13.4. The Morgan fingerprint density at radius 1 is 1.09 bits per heavy atom. The van der Waals surface area contributed by atoms with E-state index in [1.54, 1.807) is 12.1 Å². The van der Waals surface area contributed by atoms with Gasteiger partial charge in [-0.05, 0) is 31.9 Å². The van der Waals surface area contributed by atoms with Crippen LogP contribution >= 0.6 is 0 Å². The monoisotopic (exact) mass is 314 g/mol. The molecule has 0 saturated carbocycles. The lowest BCUT2D eigenvalue weighted by molar-refractivity contribution is -0.118. The van der Waals surface area contributed by atoms with Crippen molar-refractivity contribution in [2.75, 3.05) is 11.4 Å². The Kier molecular flexibility index (Phi) is 5.11. The molecule has 0 saturated heterocycles. The van der Waals surface area contributed by atoms with Gasteiger partial charge in [-0.25, -0.2) is 0 Å². The average Bonchev–Trinajstić information content (AvgIpc) is 2.43. The van der Waals surface area contributed by atoms with E-state index in [0.717, 1.165) is 16.8 Å². The number of rotatable bonds is 6. The van der Waals surface area contributed by atoms with E-state index in [4.69, 9.17) is 5.73 Å². The lowest BCUT2D eigenvalue weighted by atomic mass is 10.1. The van der Waals surface area contributed by atoms with Gasteiger partial charge in [-0.15, -0.1) is 0 Å². The van der Waals surface area contributed by atoms with Gasteiger partial charge < -0.3 is 20.8 Å². The van der Waals surface area contributed by atoms with Crippen molar-refractivity contribution >= 4 is 17.3 Å². The van der Waals surface area contributed by atoms with Gasteiger partial charge in [-0.1, -0.05) is 17.7 Å². The summed E-state index contributed by atoms with van der Waals surface area (Å²) in [6.07, 6.45) is 0.866. The fraction of sp³-hybridized carbons (Fsp3) is 0.278. The number of primary amides is 1. The quantitative estimate of drug-likeness (QED) is 0.764. The maximum absolute atomic E-state index is 11.0. The van der Waals surface area contributed by atoms with Crippen molar-refractivity contribution in [2.45, 2.75) is 26.7 Å². The first-order chi connectivity index (χ1) is 10.9. The van der Waals surface area contributed by atoms with Crippen molar-refractivity contribution in [1.29, 1.82) is 0 Å². The number of carbonyl (C=O) groups is 1. The molecule has 0 aliphatic carbocycles. The molecule has 1 amide bonds. The molecule has 23 heavy (non-hydrogen) atoms. The van der Waals surface area contributed by atoms with Crippen LogP contribution in [0.1, 0.15) is 24.0 Å². The van der Waals surface area contributed by atoms with Crippen LogP contribution in [0.15, 0.2) is 36.4 Å². The van der Waals surface area contributed by atoms with Crippen LogP contribution in [0.5, 0.6) is 11.5 Å². The standard InChI is InChI=1S/C18H22N2O3/c1-12-5-6-17(13(2)8-12)20(7-3-4-18(19)23)14-9-15(21)11-16(22)10-14/h5-6,8-11,21-22H,3-4,7H2,1-2H3,(H2,19,23). The number of nitrogens with zero attached hydrogens (tertiary/aromatic N) is 1. The summed E-state index contributed by atoms with van der Waals surface area (Å²) in [4.78, 5) is 13.0. The minimum Gasteiger partial charge on any atom is -0.508 e. The Morgan fingerprint density at radius 3 is 2.30 bits per heavy atom. The first kappa shape index (κ1) is 16.7. The van der Waals surface area contributed by atoms with Crippen molar-refractivity contribution in [1.82, 2.24) is 0 Å². The molecule has 0 unspecified atom stereocenters. The molecule has 0 heterocycles. The molecule has 122 valence electrons. The summed E-state index contributed by atoms with van der Waals surface area (Å²) in [6.45, 7) is 4.58. The normalized spacial score (nSPS) is 10.5. The predicted molar refractivity (Wildman–Crippen MR) is 91.1 cm³/mol. The highest BCUT2D eigenvalue weighted by molar-refractivity contribution is 5.74. The van der Waals surface area contributed by atoms with Crippen LogP contribution in [-0.2, 0) is 4.79 Å². The van der Waals surface area contributed by atoms with Crippen LogP contribution in [0.3, 0.4) is 0 Å². The first-order valence-electron chi connectivity index (χ1n) is 7.53. The molecule has 2 aromatic rings. The van der Waals surface area contributed by atoms with Gasteiger partial charge in [0.25, 0.3) is 0 Å². The smallest absolute Gasteiger partial charge is 0.217 e. The van der Waals surface area contributed by atoms with E-state index in [-0.39, 0.29) is 23.8 Å². The second-order valence-corrected chi connectivity index (χ2v) is 5.72. The van der Waals surface area contributed by atoms with Crippen LogP contribution in [0.25, 0.3) is 0 Å². The molecular formula is C18H22N2O3. The summed E-state index contributed by atoms with van der Waals surface area (Å²) in [5, 5.41) is 19.5. The predicted octanol–water partition coefficient (Wildman–Crippen LogP) is 3.12. The van der Waals surface area contributed by atoms with Crippen molar-refractivity contribution in [2.24, 2.45) is 5.73 Å². The average molecular weight is 314 g/mol. The van der Waals surface area contributed by atoms with Crippen molar-refractivity contribution in [3.8, 4) is 11.5 Å². The van der Waals surface area contributed by atoms with Crippen molar-refractivity contribution in [3.63, 3.8) is 0 Å². The van der Waals surface area contributed by atoms with Gasteiger partial charge >= 0.3 is 0 Å². The minimum atomic E-state index is -0.343. The molecule has 0 radical (unpaired) electrons. The number of phenols is 2. The molecular weight excluding hydrogens is 292 g/mol. The number of hydrogen-bond acceptors (Lipinski definition) is 4. The Hall–Kier alpha value is -2.69. The lowest BCUT2D eigenvalue weighted by Crippen LogP contribution is -2.21. The van der Waals surface area contributed by atoms with E-state index >= 15 is 0 Å². The fourth-order valence-electron chi connectivity index (χ4n) is 2.64. The first-order valence-corrected chi connectivity index (χ1v) is 7.53. The van der Waals surface area contributed by atoms with E-state index in [9.17, 15) is 15.0 Å². The third-order valence-corrected chi connectivity index (χ3v) is 3.65. The maximum atomic E-state index is 11.0. The van der Waals surface area contributed by atoms with E-state index < -0.39 is 0 Å². The molecule has 2 rings (SSSR count). The maximum Gasteiger partial charge on any atom is 0.217 e. The molecule has 0 aliphatic heterocycles. The number of carbonyl (C=O) groups excluding carboxylic acids is 1. The van der Waals surface area contributed by atoms with Gasteiger partial charge in [0, 0.05) is 42.5 Å². The largest absolute Gasteiger partial charge is 0.508 e. The molecule has 0 spiro atoms. The van der Waals surface area contributed by atoms with E-state index in [1.807, 2.05) is 30.9 Å². The SMILES string of the molecule is Cc1ccc(N(CCCC(N)=O)c2cc(O)cc(O)c2)c(C)c1. The fourth-order valence-corrected chi connectivity index (χ4v) is 2.64. The summed E-state index contributed by atoms with van der Waals surface area (Å²) < 4.78 is 0. The van der Waals surface area contributed by atoms with Gasteiger partial charge in [0.15, 0.2) is 0 Å². The summed E-state index contributed by atoms with van der Waals surface area (Å²) in [6, 6.07) is 10.5. The highest BCUT2D eigenvalue weighted by Crippen LogP contribution is 2.34. The Morgan fingerprint density at radius 2 is 1.74 bits per heavy atom. The zero-order valence-corrected chi connectivity index (χ0v) is 13.4. The highest BCUT2D eigenvalue weighted by Gasteiger charge is 2.14. The topological polar surface area (TPSA) is 86.8 Å². The molecule has 5 heteroatoms. The Bertz CT molecular complexity index is 693. The van der Waals surface area contributed by atoms with Gasteiger partial charge in [0.05, 0.1) is 0 Å². The van der Waals surface area contributed by atoms with Gasteiger partial charge in [0.1, 0.15) is 11.5 Å². The summed E-state index contributed by atoms with van der Waals surface area (Å²) >= 11 is 0. The molecule has 0 aliphatic rings. The number of aryl methyl sites for hydroxylation is 2. The molecule has 4 N–H and O–H groups in total. The lowest BCUT2D eigenvalue weighted by Gasteiger charge is -2.27. The number of anilines is 2. The number of amides is 1. The number of phenolic OH excluding ortho intramolecular Hbond substituents is 2. The molecule has 0 aromatic heterocycles. The van der Waals surface area contributed by atoms with Crippen molar-refractivity contribution < 1.29 is 15.0 Å². The Balaban J connectivity index is 2.39. The summed E-state index contributed by atoms with van der Waals surface area (Å²) in [7, 11) is 0. The van der Waals surface area contributed by atoms with Gasteiger partial charge in [0.2, 0.25) is 5.91 Å². The van der Waals surface area contributed by atoms with Crippen LogP contribution in [-0.4, -0.2) is 22.7 Å². The Labute approximate surface area is 136 Å². The zero-order chi connectivity index (χ0) is 17.0. The third kappa shape index (κ3) is 4.39. The van der Waals surface area contributed by atoms with Crippen LogP contribution in [0.2, 0.25) is 0 Å². The molecule has 0 atom stereocenters. The summed E-state index contributed by atoms with van der Waals surface area (Å²) in [5.74, 6) is -0.362. The van der Waals surface area contributed by atoms with Crippen LogP contribution in [0, 0.1) is 13.8 Å². The number of benzene rings is 2. The second kappa shape index (κ2) is 7.05. The summed E-state index contributed by atoms with van der Waals surface area (Å²) in [5.41, 5.74) is 9.08. The van der Waals surface area contributed by atoms with Gasteiger partial charge in [-0.2, -0.15) is 0 Å². The van der Waals surface area contributed by atoms with Crippen LogP contribution in [0.4, 0.5) is 11.4 Å². The molecule has 0 fully saturated rings. The molecule has 0 bridgehead atoms. The van der Waals surface area contributed by atoms with E-state index in [2.05, 4.69) is 6.07 Å². The van der Waals surface area contributed by atoms with Crippen LogP contribution < -0.4 is 10.6 Å². The van der Waals surface area contributed by atoms with Gasteiger partial charge in [-0.3, -0.25) is 4.79 Å². The molecule has 2 aromatic carbocycles. The van der Waals surface area contributed by atoms with Crippen molar-refractivity contribution in [3.05, 3.63) is 47.5 Å². The number of nitrogens with two attached hydrogens (primary N) is 1.